The van der Waals surface area contributed by atoms with Crippen LogP contribution in [0.4, 0.5) is 5.82 Å². The van der Waals surface area contributed by atoms with Crippen LogP contribution in [0.25, 0.3) is 0 Å². The normalized spacial score (nSPS) is 10.5. The number of carbonyl (C=O) groups is 1. The van der Waals surface area contributed by atoms with Crippen molar-refractivity contribution in [1.82, 2.24) is 4.98 Å². The highest BCUT2D eigenvalue weighted by molar-refractivity contribution is 7.12. The first-order valence-electron chi connectivity index (χ1n) is 8.03. The van der Waals surface area contributed by atoms with E-state index in [2.05, 4.69) is 23.3 Å². The van der Waals surface area contributed by atoms with E-state index in [1.807, 2.05) is 49.6 Å². The molecular formula is C20H20N2O2S. The van der Waals surface area contributed by atoms with Crippen molar-refractivity contribution in [2.45, 2.75) is 27.4 Å². The van der Waals surface area contributed by atoms with Crippen LogP contribution in [-0.4, -0.2) is 10.9 Å². The van der Waals surface area contributed by atoms with Crippen molar-refractivity contribution in [2.24, 2.45) is 0 Å². The molecule has 0 fully saturated rings. The van der Waals surface area contributed by atoms with Crippen LogP contribution in [-0.2, 0) is 6.61 Å². The Bertz CT molecular complexity index is 902. The molecule has 0 saturated heterocycles. The second-order valence-electron chi connectivity index (χ2n) is 5.98. The van der Waals surface area contributed by atoms with Gasteiger partial charge in [-0.2, -0.15) is 0 Å². The molecule has 1 aromatic carbocycles. The zero-order valence-corrected chi connectivity index (χ0v) is 15.3. The van der Waals surface area contributed by atoms with E-state index in [1.54, 1.807) is 6.20 Å². The molecule has 3 rings (SSSR count). The molecule has 1 amide bonds. The van der Waals surface area contributed by atoms with Gasteiger partial charge in [-0.25, -0.2) is 4.98 Å². The van der Waals surface area contributed by atoms with Gasteiger partial charge in [-0.05, 0) is 67.1 Å². The van der Waals surface area contributed by atoms with E-state index in [0.717, 1.165) is 22.4 Å². The second kappa shape index (κ2) is 7.49. The molecule has 0 unspecified atom stereocenters. The quantitative estimate of drug-likeness (QED) is 0.710. The number of benzene rings is 1. The molecule has 128 valence electrons. The average molecular weight is 352 g/mol. The van der Waals surface area contributed by atoms with Crippen LogP contribution in [0.15, 0.2) is 48.0 Å². The van der Waals surface area contributed by atoms with Crippen molar-refractivity contribution < 1.29 is 9.53 Å². The van der Waals surface area contributed by atoms with Crippen molar-refractivity contribution in [3.8, 4) is 5.75 Å². The lowest BCUT2D eigenvalue weighted by Crippen LogP contribution is -2.11. The Morgan fingerprint density at radius 1 is 1.20 bits per heavy atom. The number of hydrogen-bond donors (Lipinski definition) is 1. The lowest BCUT2D eigenvalue weighted by atomic mass is 10.1. The molecule has 0 saturated carbocycles. The molecule has 0 aliphatic rings. The number of thiophene rings is 1. The number of nitrogens with zero attached hydrogens (tertiary/aromatic N) is 1. The van der Waals surface area contributed by atoms with Crippen molar-refractivity contribution in [3.63, 3.8) is 0 Å². The number of hydrogen-bond acceptors (Lipinski definition) is 4. The maximum atomic E-state index is 12.3. The fraction of sp³-hybridized carbons (Fsp3) is 0.200. The summed E-state index contributed by atoms with van der Waals surface area (Å²) >= 11 is 1.40. The highest BCUT2D eigenvalue weighted by atomic mass is 32.1. The summed E-state index contributed by atoms with van der Waals surface area (Å²) in [4.78, 5) is 17.1. The van der Waals surface area contributed by atoms with Crippen LogP contribution in [0.1, 0.15) is 31.9 Å². The predicted octanol–water partition coefficient (Wildman–Crippen LogP) is 4.90. The first kappa shape index (κ1) is 17.2. The maximum absolute atomic E-state index is 12.3. The van der Waals surface area contributed by atoms with E-state index in [9.17, 15) is 4.79 Å². The number of aryl methyl sites for hydroxylation is 2. The molecule has 5 heteroatoms. The Labute approximate surface area is 151 Å². The third-order valence-corrected chi connectivity index (χ3v) is 4.96. The van der Waals surface area contributed by atoms with E-state index >= 15 is 0 Å². The Hall–Kier alpha value is -2.66. The molecule has 1 N–H and O–H groups in total. The number of ether oxygens (including phenoxy) is 1. The van der Waals surface area contributed by atoms with Gasteiger partial charge >= 0.3 is 0 Å². The van der Waals surface area contributed by atoms with Crippen LogP contribution in [0.3, 0.4) is 0 Å². The van der Waals surface area contributed by atoms with Crippen molar-refractivity contribution in [3.05, 3.63) is 75.1 Å². The van der Waals surface area contributed by atoms with Gasteiger partial charge in [0.1, 0.15) is 18.2 Å². The van der Waals surface area contributed by atoms with Gasteiger partial charge < -0.3 is 10.1 Å². The van der Waals surface area contributed by atoms with Gasteiger partial charge in [0.25, 0.3) is 5.91 Å². The summed E-state index contributed by atoms with van der Waals surface area (Å²) in [5.41, 5.74) is 4.38. The maximum Gasteiger partial charge on any atom is 0.266 e. The van der Waals surface area contributed by atoms with E-state index in [0.29, 0.717) is 17.3 Å². The summed E-state index contributed by atoms with van der Waals surface area (Å²) in [5.74, 6) is 1.29. The van der Waals surface area contributed by atoms with Crippen molar-refractivity contribution in [2.75, 3.05) is 5.32 Å². The van der Waals surface area contributed by atoms with Crippen LogP contribution >= 0.6 is 11.3 Å². The molecule has 25 heavy (non-hydrogen) atoms. The Kier molecular flexibility index (Phi) is 5.14. The Balaban J connectivity index is 1.64. The Morgan fingerprint density at radius 3 is 2.84 bits per heavy atom. The standard InChI is InChI=1S/C20H20N2O2S/c1-13-7-8-21-19(9-13)22-20(23)18-10-16(12-25-18)11-24-17-6-4-5-14(2)15(17)3/h4-10,12H,11H2,1-3H3,(H,21,22,23). The van der Waals surface area contributed by atoms with Gasteiger partial charge in [-0.15, -0.1) is 11.3 Å². The van der Waals surface area contributed by atoms with Crippen LogP contribution < -0.4 is 10.1 Å². The zero-order chi connectivity index (χ0) is 17.8. The minimum absolute atomic E-state index is 0.152. The predicted molar refractivity (Wildman–Crippen MR) is 101 cm³/mol. The third-order valence-electron chi connectivity index (χ3n) is 3.98. The molecular weight excluding hydrogens is 332 g/mol. The highest BCUT2D eigenvalue weighted by Gasteiger charge is 2.11. The van der Waals surface area contributed by atoms with Crippen LogP contribution in [0.5, 0.6) is 5.75 Å². The molecule has 2 aromatic heterocycles. The van der Waals surface area contributed by atoms with Crippen molar-refractivity contribution in [1.29, 1.82) is 0 Å². The molecule has 2 heterocycles. The second-order valence-corrected chi connectivity index (χ2v) is 6.89. The SMILES string of the molecule is Cc1ccnc(NC(=O)c2cc(COc3cccc(C)c3C)cs2)c1. The molecule has 4 nitrogen and oxygen atoms in total. The van der Waals surface area contributed by atoms with Crippen LogP contribution in [0, 0.1) is 20.8 Å². The van der Waals surface area contributed by atoms with Gasteiger partial charge in [0.15, 0.2) is 0 Å². The third kappa shape index (κ3) is 4.25. The first-order valence-corrected chi connectivity index (χ1v) is 8.91. The summed E-state index contributed by atoms with van der Waals surface area (Å²) < 4.78 is 5.89. The number of anilines is 1. The van der Waals surface area contributed by atoms with Gasteiger partial charge in [0, 0.05) is 11.8 Å². The smallest absolute Gasteiger partial charge is 0.266 e. The van der Waals surface area contributed by atoms with E-state index in [1.165, 1.54) is 16.9 Å². The summed E-state index contributed by atoms with van der Waals surface area (Å²) in [5, 5.41) is 4.77. The summed E-state index contributed by atoms with van der Waals surface area (Å²) in [6.07, 6.45) is 1.68. The lowest BCUT2D eigenvalue weighted by Gasteiger charge is -2.09. The molecule has 0 bridgehead atoms. The number of nitrogens with one attached hydrogen (secondary N) is 1. The number of aromatic nitrogens is 1. The molecule has 0 atom stereocenters. The lowest BCUT2D eigenvalue weighted by molar-refractivity contribution is 0.103. The summed E-state index contributed by atoms with van der Waals surface area (Å²) in [6, 6.07) is 11.6. The van der Waals surface area contributed by atoms with E-state index < -0.39 is 0 Å². The highest BCUT2D eigenvalue weighted by Crippen LogP contribution is 2.23. The molecule has 0 aliphatic heterocycles. The number of pyridine rings is 1. The molecule has 0 radical (unpaired) electrons. The molecule has 3 aromatic rings. The molecule has 0 spiro atoms. The number of carbonyl (C=O) groups excluding carboxylic acids is 1. The fourth-order valence-corrected chi connectivity index (χ4v) is 3.19. The van der Waals surface area contributed by atoms with E-state index in [4.69, 9.17) is 4.74 Å². The largest absolute Gasteiger partial charge is 0.489 e. The van der Waals surface area contributed by atoms with Gasteiger partial charge in [-0.1, -0.05) is 12.1 Å². The van der Waals surface area contributed by atoms with Gasteiger partial charge in [-0.3, -0.25) is 4.79 Å². The van der Waals surface area contributed by atoms with Crippen molar-refractivity contribution >= 4 is 23.1 Å². The number of rotatable bonds is 5. The van der Waals surface area contributed by atoms with E-state index in [-0.39, 0.29) is 5.91 Å². The summed E-state index contributed by atoms with van der Waals surface area (Å²) in [7, 11) is 0. The fourth-order valence-electron chi connectivity index (χ4n) is 2.39. The minimum Gasteiger partial charge on any atom is -0.489 e. The summed E-state index contributed by atoms with van der Waals surface area (Å²) in [6.45, 7) is 6.52. The van der Waals surface area contributed by atoms with Crippen LogP contribution in [0.2, 0.25) is 0 Å². The average Bonchev–Trinajstić information content (AvgIpc) is 3.05. The minimum atomic E-state index is -0.152. The first-order chi connectivity index (χ1) is 12.0. The van der Waals surface area contributed by atoms with Gasteiger partial charge in [0.05, 0.1) is 4.88 Å². The Morgan fingerprint density at radius 2 is 2.04 bits per heavy atom. The zero-order valence-electron chi connectivity index (χ0n) is 14.5. The van der Waals surface area contributed by atoms with Gasteiger partial charge in [0.2, 0.25) is 0 Å². The monoisotopic (exact) mass is 352 g/mol. The number of amides is 1. The molecule has 0 aliphatic carbocycles. The topological polar surface area (TPSA) is 51.2 Å².